The number of thioether (sulfide) groups is 1. The molecule has 1 fully saturated rings. The maximum absolute atomic E-state index is 14.3. The number of hydrogen-bond acceptors (Lipinski definition) is 2. The molecule has 1 saturated heterocycles. The Morgan fingerprint density at radius 2 is 2.33 bits per heavy atom. The molecule has 1 atom stereocenters. The lowest BCUT2D eigenvalue weighted by Crippen LogP contribution is -2.32. The molecule has 1 heterocycles. The Kier molecular flexibility index (Phi) is 3.19. The summed E-state index contributed by atoms with van der Waals surface area (Å²) in [4.78, 5) is 0. The summed E-state index contributed by atoms with van der Waals surface area (Å²) in [7, 11) is 0. The van der Waals surface area contributed by atoms with Gasteiger partial charge in [0.05, 0.1) is 0 Å². The Bertz CT molecular complexity index is 334. The minimum absolute atomic E-state index is 0.222. The van der Waals surface area contributed by atoms with Crippen molar-refractivity contribution in [2.24, 2.45) is 0 Å². The lowest BCUT2D eigenvalue weighted by molar-refractivity contribution is 0.176. The van der Waals surface area contributed by atoms with Crippen LogP contribution in [0.25, 0.3) is 0 Å². The molecular formula is C12H15FOS. The van der Waals surface area contributed by atoms with Gasteiger partial charge in [-0.2, -0.15) is 11.8 Å². The highest BCUT2D eigenvalue weighted by Crippen LogP contribution is 2.33. The van der Waals surface area contributed by atoms with Crippen LogP contribution in [0, 0.1) is 0 Å². The molecule has 0 spiro atoms. The molecule has 0 bridgehead atoms. The van der Waals surface area contributed by atoms with Crippen LogP contribution >= 0.6 is 11.8 Å². The Morgan fingerprint density at radius 1 is 1.47 bits per heavy atom. The van der Waals surface area contributed by atoms with Gasteiger partial charge in [-0.05, 0) is 36.3 Å². The van der Waals surface area contributed by atoms with Gasteiger partial charge in [0, 0.05) is 12.2 Å². The zero-order valence-electron chi connectivity index (χ0n) is 8.58. The molecule has 1 aromatic rings. The molecule has 1 aliphatic rings. The van der Waals surface area contributed by atoms with Gasteiger partial charge in [0.2, 0.25) is 0 Å². The van der Waals surface area contributed by atoms with E-state index in [1.807, 2.05) is 6.07 Å². The van der Waals surface area contributed by atoms with E-state index in [0.29, 0.717) is 18.6 Å². The van der Waals surface area contributed by atoms with Gasteiger partial charge < -0.3 is 5.11 Å². The second-order valence-electron chi connectivity index (χ2n) is 4.15. The maximum Gasteiger partial charge on any atom is 0.124 e. The van der Waals surface area contributed by atoms with E-state index in [1.54, 1.807) is 30.0 Å². The second kappa shape index (κ2) is 4.44. The molecule has 2 rings (SSSR count). The Balaban J connectivity index is 2.06. The Hall–Kier alpha value is -0.700. The van der Waals surface area contributed by atoms with Crippen molar-refractivity contribution in [1.29, 1.82) is 0 Å². The number of alkyl halides is 1. The van der Waals surface area contributed by atoms with Crippen molar-refractivity contribution in [2.45, 2.75) is 24.9 Å². The lowest BCUT2D eigenvalue weighted by atomic mass is 9.93. The van der Waals surface area contributed by atoms with Crippen molar-refractivity contribution >= 4 is 11.8 Å². The summed E-state index contributed by atoms with van der Waals surface area (Å²) in [6, 6.07) is 6.91. The van der Waals surface area contributed by atoms with Crippen molar-refractivity contribution in [3.8, 4) is 5.75 Å². The largest absolute Gasteiger partial charge is 0.508 e. The Morgan fingerprint density at radius 3 is 3.00 bits per heavy atom. The highest BCUT2D eigenvalue weighted by molar-refractivity contribution is 7.99. The summed E-state index contributed by atoms with van der Waals surface area (Å²) in [6.07, 6.45) is 2.03. The highest BCUT2D eigenvalue weighted by Gasteiger charge is 2.32. The third-order valence-corrected chi connectivity index (χ3v) is 4.00. The second-order valence-corrected chi connectivity index (χ2v) is 5.26. The van der Waals surface area contributed by atoms with E-state index in [9.17, 15) is 9.50 Å². The summed E-state index contributed by atoms with van der Waals surface area (Å²) in [6.45, 7) is 0. The van der Waals surface area contributed by atoms with Gasteiger partial charge in [-0.25, -0.2) is 4.39 Å². The van der Waals surface area contributed by atoms with Gasteiger partial charge in [0.25, 0.3) is 0 Å². The van der Waals surface area contributed by atoms with Gasteiger partial charge >= 0.3 is 0 Å². The molecule has 1 N–H and O–H groups in total. The SMILES string of the molecule is Oc1cccc(CC2(F)CCCSC2)c1. The third kappa shape index (κ3) is 2.88. The van der Waals surface area contributed by atoms with E-state index in [0.717, 1.165) is 17.7 Å². The van der Waals surface area contributed by atoms with Crippen LogP contribution in [0.2, 0.25) is 0 Å². The van der Waals surface area contributed by atoms with Crippen LogP contribution in [0.1, 0.15) is 18.4 Å². The molecule has 1 aliphatic heterocycles. The normalized spacial score (nSPS) is 26.5. The van der Waals surface area contributed by atoms with Gasteiger partial charge in [-0.15, -0.1) is 0 Å². The fourth-order valence-corrected chi connectivity index (χ4v) is 3.09. The summed E-state index contributed by atoms with van der Waals surface area (Å²) in [5, 5.41) is 9.30. The van der Waals surface area contributed by atoms with E-state index in [4.69, 9.17) is 0 Å². The molecular weight excluding hydrogens is 211 g/mol. The average Bonchev–Trinajstić information content (AvgIpc) is 2.18. The predicted octanol–water partition coefficient (Wildman–Crippen LogP) is 3.17. The van der Waals surface area contributed by atoms with Crippen LogP contribution in [0.4, 0.5) is 4.39 Å². The first-order valence-electron chi connectivity index (χ1n) is 5.23. The van der Waals surface area contributed by atoms with E-state index < -0.39 is 5.67 Å². The van der Waals surface area contributed by atoms with Crippen LogP contribution in [0.5, 0.6) is 5.75 Å². The van der Waals surface area contributed by atoms with E-state index in [-0.39, 0.29) is 5.75 Å². The number of benzene rings is 1. The first-order chi connectivity index (χ1) is 7.18. The van der Waals surface area contributed by atoms with Crippen LogP contribution in [0.15, 0.2) is 24.3 Å². The first-order valence-corrected chi connectivity index (χ1v) is 6.38. The van der Waals surface area contributed by atoms with Crippen molar-refractivity contribution in [3.05, 3.63) is 29.8 Å². The van der Waals surface area contributed by atoms with E-state index >= 15 is 0 Å². The molecule has 3 heteroatoms. The molecule has 1 aromatic carbocycles. The fraction of sp³-hybridized carbons (Fsp3) is 0.500. The molecule has 15 heavy (non-hydrogen) atoms. The van der Waals surface area contributed by atoms with Gasteiger partial charge in [0.1, 0.15) is 11.4 Å². The highest BCUT2D eigenvalue weighted by atomic mass is 32.2. The smallest absolute Gasteiger partial charge is 0.124 e. The van der Waals surface area contributed by atoms with Crippen molar-refractivity contribution in [1.82, 2.24) is 0 Å². The number of rotatable bonds is 2. The molecule has 82 valence electrons. The van der Waals surface area contributed by atoms with Crippen LogP contribution in [-0.2, 0) is 6.42 Å². The molecule has 0 radical (unpaired) electrons. The summed E-state index contributed by atoms with van der Waals surface area (Å²) in [5.74, 6) is 1.88. The first kappa shape index (κ1) is 10.8. The Labute approximate surface area is 93.7 Å². The zero-order chi connectivity index (χ0) is 10.7. The van der Waals surface area contributed by atoms with Crippen molar-refractivity contribution in [3.63, 3.8) is 0 Å². The zero-order valence-corrected chi connectivity index (χ0v) is 9.39. The molecule has 0 aromatic heterocycles. The summed E-state index contributed by atoms with van der Waals surface area (Å²) < 4.78 is 14.3. The maximum atomic E-state index is 14.3. The van der Waals surface area contributed by atoms with Crippen molar-refractivity contribution in [2.75, 3.05) is 11.5 Å². The summed E-state index contributed by atoms with van der Waals surface area (Å²) in [5.41, 5.74) is -0.184. The third-order valence-electron chi connectivity index (χ3n) is 2.71. The molecule has 0 aliphatic carbocycles. The van der Waals surface area contributed by atoms with Gasteiger partial charge in [0.15, 0.2) is 0 Å². The van der Waals surface area contributed by atoms with Crippen LogP contribution in [-0.4, -0.2) is 22.3 Å². The molecule has 1 unspecified atom stereocenters. The van der Waals surface area contributed by atoms with Crippen LogP contribution < -0.4 is 0 Å². The van der Waals surface area contributed by atoms with Crippen LogP contribution in [0.3, 0.4) is 0 Å². The fourth-order valence-electron chi connectivity index (χ4n) is 1.99. The number of phenolic OH excluding ortho intramolecular Hbond substituents is 1. The lowest BCUT2D eigenvalue weighted by Gasteiger charge is -2.29. The predicted molar refractivity (Wildman–Crippen MR) is 62.2 cm³/mol. The quantitative estimate of drug-likeness (QED) is 0.836. The topological polar surface area (TPSA) is 20.2 Å². The number of aromatic hydroxyl groups is 1. The number of halogens is 1. The number of phenols is 1. The average molecular weight is 226 g/mol. The van der Waals surface area contributed by atoms with Gasteiger partial charge in [-0.1, -0.05) is 12.1 Å². The number of hydrogen-bond donors (Lipinski definition) is 1. The molecule has 0 amide bonds. The summed E-state index contributed by atoms with van der Waals surface area (Å²) >= 11 is 1.69. The van der Waals surface area contributed by atoms with E-state index in [1.165, 1.54) is 0 Å². The standard InChI is InChI=1S/C12H15FOS/c13-12(5-2-6-15-9-12)8-10-3-1-4-11(14)7-10/h1,3-4,7,14H,2,5-6,8-9H2. The van der Waals surface area contributed by atoms with E-state index in [2.05, 4.69) is 0 Å². The van der Waals surface area contributed by atoms with Gasteiger partial charge in [-0.3, -0.25) is 0 Å². The van der Waals surface area contributed by atoms with Crippen molar-refractivity contribution < 1.29 is 9.50 Å². The monoisotopic (exact) mass is 226 g/mol. The molecule has 1 nitrogen and oxygen atoms in total. The molecule has 0 saturated carbocycles. The minimum atomic E-state index is -1.07. The minimum Gasteiger partial charge on any atom is -0.508 e.